The molecule has 7 aromatic rings. The van der Waals surface area contributed by atoms with Crippen molar-refractivity contribution in [1.29, 1.82) is 0 Å². The van der Waals surface area contributed by atoms with E-state index in [1.807, 2.05) is 82.6 Å². The van der Waals surface area contributed by atoms with E-state index in [2.05, 4.69) is 94.8 Å². The number of nitrogens with zero attached hydrogens (tertiary/aromatic N) is 4. The fourth-order valence-electron chi connectivity index (χ4n) is 8.65. The van der Waals surface area contributed by atoms with E-state index < -0.39 is 11.2 Å². The number of carbonyl (C=O) groups excluding carboxylic acids is 1. The first-order chi connectivity index (χ1) is 32.0. The Balaban J connectivity index is 0.846. The number of aryl methyl sites for hydroxylation is 2. The molecule has 11 heteroatoms. The van der Waals surface area contributed by atoms with E-state index in [9.17, 15) is 4.79 Å². The lowest BCUT2D eigenvalue weighted by Crippen LogP contribution is -2.50. The van der Waals surface area contributed by atoms with E-state index in [1.165, 1.54) is 22.4 Å². The molecule has 0 spiro atoms. The van der Waals surface area contributed by atoms with Crippen molar-refractivity contribution in [2.75, 3.05) is 26.8 Å². The zero-order valence-electron chi connectivity index (χ0n) is 39.4. The molecule has 342 valence electrons. The lowest BCUT2D eigenvalue weighted by Gasteiger charge is -2.35. The van der Waals surface area contributed by atoms with Gasteiger partial charge in [0, 0.05) is 72.9 Å². The van der Waals surface area contributed by atoms with Gasteiger partial charge in [0.25, 0.3) is 5.91 Å². The van der Waals surface area contributed by atoms with Gasteiger partial charge >= 0.3 is 0 Å². The van der Waals surface area contributed by atoms with Gasteiger partial charge in [-0.2, -0.15) is 5.10 Å². The number of hydrogen-bond donors (Lipinski definition) is 2. The van der Waals surface area contributed by atoms with Gasteiger partial charge < -0.3 is 29.6 Å². The molecule has 2 N–H and O–H groups in total. The normalized spacial score (nSPS) is 14.0. The molecule has 3 aromatic heterocycles. The lowest BCUT2D eigenvalue weighted by molar-refractivity contribution is -0.153. The van der Waals surface area contributed by atoms with Crippen molar-refractivity contribution in [2.24, 2.45) is 0 Å². The van der Waals surface area contributed by atoms with Crippen LogP contribution >= 0.6 is 0 Å². The maximum absolute atomic E-state index is 13.7. The van der Waals surface area contributed by atoms with Gasteiger partial charge in [-0.15, -0.1) is 0 Å². The molecule has 0 saturated carbocycles. The Morgan fingerprint density at radius 1 is 0.818 bits per heavy atom. The van der Waals surface area contributed by atoms with Crippen LogP contribution in [0.2, 0.25) is 0 Å². The molecule has 11 nitrogen and oxygen atoms in total. The molecule has 0 aliphatic carbocycles. The zero-order chi connectivity index (χ0) is 46.3. The van der Waals surface area contributed by atoms with Crippen LogP contribution in [0.25, 0.3) is 44.5 Å². The number of carbonyl (C=O) groups is 1. The standard InChI is InChI=1S/C55H62N6O5/c1-8-54(5,66-42-23-24-44-45(25-27-58-47(44)32-42)51-48-22-16-30-61(48)60-52(51)46-21-13-14-26-57-46)36-65-55(6,9-2)53(62)59-29-28-56-34-41-31-37(3)49(33-50(41)63-7)64-35-40-19-15-20-43(38(40)4)39-17-11-10-12-18-39/h10-15,17-21,23-27,31-33,56H,8-9,16,22,28-30,34-36H2,1-7H3,(H,59,62). The van der Waals surface area contributed by atoms with Crippen molar-refractivity contribution in [1.82, 2.24) is 30.4 Å². The summed E-state index contributed by atoms with van der Waals surface area (Å²) in [6.07, 6.45) is 6.87. The topological polar surface area (TPSA) is 122 Å². The Morgan fingerprint density at radius 3 is 2.42 bits per heavy atom. The summed E-state index contributed by atoms with van der Waals surface area (Å²) < 4.78 is 27.4. The van der Waals surface area contributed by atoms with Crippen molar-refractivity contribution in [2.45, 2.75) is 98.1 Å². The zero-order valence-corrected chi connectivity index (χ0v) is 39.4. The third-order valence-corrected chi connectivity index (χ3v) is 13.1. The highest BCUT2D eigenvalue weighted by Gasteiger charge is 2.36. The fraction of sp³-hybridized carbons (Fsp3) is 0.345. The van der Waals surface area contributed by atoms with Crippen LogP contribution in [0.5, 0.6) is 17.2 Å². The van der Waals surface area contributed by atoms with Crippen LogP contribution in [-0.4, -0.2) is 63.7 Å². The quantitative estimate of drug-likeness (QED) is 0.0721. The molecule has 0 bridgehead atoms. The third-order valence-electron chi connectivity index (χ3n) is 13.1. The second-order valence-corrected chi connectivity index (χ2v) is 17.6. The number of methoxy groups -OCH3 is 1. The van der Waals surface area contributed by atoms with Crippen LogP contribution in [0.4, 0.5) is 0 Å². The first kappa shape index (κ1) is 46.0. The van der Waals surface area contributed by atoms with Gasteiger partial charge in [0.15, 0.2) is 0 Å². The second kappa shape index (κ2) is 20.3. The number of nitrogens with one attached hydrogen (secondary N) is 2. The average molecular weight is 887 g/mol. The Kier molecular flexibility index (Phi) is 14.2. The van der Waals surface area contributed by atoms with Crippen LogP contribution < -0.4 is 24.8 Å². The minimum atomic E-state index is -1.05. The summed E-state index contributed by atoms with van der Waals surface area (Å²) in [5, 5.41) is 12.6. The summed E-state index contributed by atoms with van der Waals surface area (Å²) in [4.78, 5) is 23.1. The van der Waals surface area contributed by atoms with Gasteiger partial charge in [0.2, 0.25) is 0 Å². The molecule has 8 rings (SSSR count). The maximum Gasteiger partial charge on any atom is 0.251 e. The minimum Gasteiger partial charge on any atom is -0.496 e. The van der Waals surface area contributed by atoms with Crippen molar-refractivity contribution in [3.05, 3.63) is 143 Å². The highest BCUT2D eigenvalue weighted by atomic mass is 16.6. The van der Waals surface area contributed by atoms with Gasteiger partial charge in [-0.3, -0.25) is 19.4 Å². The summed E-state index contributed by atoms with van der Waals surface area (Å²) in [5.41, 5.74) is 11.0. The van der Waals surface area contributed by atoms with Crippen LogP contribution in [0.1, 0.15) is 74.9 Å². The Morgan fingerprint density at radius 2 is 1.65 bits per heavy atom. The summed E-state index contributed by atoms with van der Waals surface area (Å²) in [6.45, 7) is 15.2. The Hall–Kier alpha value is -6.56. The molecule has 4 aromatic carbocycles. The molecule has 1 aliphatic heterocycles. The molecule has 1 aliphatic rings. The number of benzene rings is 4. The highest BCUT2D eigenvalue weighted by Crippen LogP contribution is 2.41. The predicted octanol–water partition coefficient (Wildman–Crippen LogP) is 10.6. The Bertz CT molecular complexity index is 2790. The molecule has 2 unspecified atom stereocenters. The van der Waals surface area contributed by atoms with Gasteiger partial charge in [0.05, 0.1) is 24.9 Å². The van der Waals surface area contributed by atoms with Crippen molar-refractivity contribution < 1.29 is 23.7 Å². The molecule has 4 heterocycles. The summed E-state index contributed by atoms with van der Waals surface area (Å²) >= 11 is 0. The summed E-state index contributed by atoms with van der Waals surface area (Å²) in [6, 6.07) is 34.9. The fourth-order valence-corrected chi connectivity index (χ4v) is 8.65. The van der Waals surface area contributed by atoms with Gasteiger partial charge in [0.1, 0.15) is 40.8 Å². The summed E-state index contributed by atoms with van der Waals surface area (Å²) in [5.74, 6) is 2.05. The molecule has 1 amide bonds. The molecule has 0 radical (unpaired) electrons. The van der Waals surface area contributed by atoms with Crippen molar-refractivity contribution >= 4 is 16.8 Å². The first-order valence-electron chi connectivity index (χ1n) is 23.2. The smallest absolute Gasteiger partial charge is 0.251 e. The van der Waals surface area contributed by atoms with E-state index in [1.54, 1.807) is 7.11 Å². The first-order valence-corrected chi connectivity index (χ1v) is 23.2. The van der Waals surface area contributed by atoms with E-state index in [0.29, 0.717) is 44.8 Å². The monoisotopic (exact) mass is 886 g/mol. The molecule has 2 atom stereocenters. The van der Waals surface area contributed by atoms with E-state index in [-0.39, 0.29) is 12.5 Å². The van der Waals surface area contributed by atoms with E-state index in [4.69, 9.17) is 29.0 Å². The molecule has 0 fully saturated rings. The van der Waals surface area contributed by atoms with Crippen LogP contribution in [0.3, 0.4) is 0 Å². The maximum atomic E-state index is 13.7. The largest absolute Gasteiger partial charge is 0.496 e. The van der Waals surface area contributed by atoms with Gasteiger partial charge in [-0.05, 0) is 123 Å². The third kappa shape index (κ3) is 9.97. The number of fused-ring (bicyclic) bond motifs is 2. The number of hydrogen-bond acceptors (Lipinski definition) is 9. The number of aromatic nitrogens is 4. The minimum absolute atomic E-state index is 0.163. The van der Waals surface area contributed by atoms with Crippen LogP contribution in [-0.2, 0) is 35.6 Å². The summed E-state index contributed by atoms with van der Waals surface area (Å²) in [7, 11) is 1.67. The molecular formula is C55H62N6O5. The Labute approximate surface area is 388 Å². The second-order valence-electron chi connectivity index (χ2n) is 17.6. The SMILES string of the molecule is CCC(C)(COC(C)(CC)C(=O)NCCNCc1cc(C)c(OCc2cccc(-c3ccccc3)c2C)cc1OC)Oc1ccc2c(-c3c(-c4ccccn4)nn4c3CCC4)ccnc2c1. The highest BCUT2D eigenvalue weighted by molar-refractivity contribution is 5.99. The van der Waals surface area contributed by atoms with Gasteiger partial charge in [-0.25, -0.2) is 0 Å². The van der Waals surface area contributed by atoms with Crippen LogP contribution in [0.15, 0.2) is 116 Å². The van der Waals surface area contributed by atoms with Crippen molar-refractivity contribution in [3.63, 3.8) is 0 Å². The predicted molar refractivity (Wildman–Crippen MR) is 262 cm³/mol. The molecular weight excluding hydrogens is 825 g/mol. The molecule has 66 heavy (non-hydrogen) atoms. The average Bonchev–Trinajstić information content (AvgIpc) is 3.96. The van der Waals surface area contributed by atoms with Crippen molar-refractivity contribution in [3.8, 4) is 50.9 Å². The van der Waals surface area contributed by atoms with Crippen LogP contribution in [0, 0.1) is 13.8 Å². The van der Waals surface area contributed by atoms with E-state index >= 15 is 0 Å². The number of amides is 1. The number of ether oxygens (including phenoxy) is 4. The number of rotatable bonds is 20. The van der Waals surface area contributed by atoms with E-state index in [0.717, 1.165) is 81.0 Å². The molecule has 0 saturated heterocycles. The number of pyridine rings is 2. The van der Waals surface area contributed by atoms with Gasteiger partial charge in [-0.1, -0.05) is 68.4 Å². The lowest BCUT2D eigenvalue weighted by atomic mass is 9.96.